The Morgan fingerprint density at radius 2 is 1.54 bits per heavy atom. The minimum Gasteiger partial charge on any atom is -0.268 e. The number of nitrogens with zero attached hydrogens (tertiary/aromatic N) is 2. The highest BCUT2D eigenvalue weighted by Crippen LogP contribution is 2.46. The molecule has 13 heavy (non-hydrogen) atoms. The number of hydrogen-bond acceptors (Lipinski definition) is 2. The van der Waals surface area contributed by atoms with E-state index >= 15 is 0 Å². The van der Waals surface area contributed by atoms with E-state index in [0.29, 0.717) is 0 Å². The molecule has 0 spiro atoms. The lowest BCUT2D eigenvalue weighted by molar-refractivity contribution is 0.453. The number of halogens is 1. The molecule has 0 aromatic carbocycles. The molecule has 0 amide bonds. The molecule has 0 N–H and O–H groups in total. The van der Waals surface area contributed by atoms with Gasteiger partial charge in [-0.05, 0) is 7.05 Å². The normalized spacial score (nSPS) is 15.5. The highest BCUT2D eigenvalue weighted by Gasteiger charge is 2.30. The van der Waals surface area contributed by atoms with Gasteiger partial charge >= 0.3 is 0 Å². The minimum atomic E-state index is -1.57. The molecule has 0 fully saturated rings. The topological polar surface area (TPSA) is 6.48 Å². The molecule has 0 radical (unpaired) electrons. The maximum Gasteiger partial charge on any atom is 0.229 e. The van der Waals surface area contributed by atoms with Gasteiger partial charge in [0.15, 0.2) is 0 Å². The number of hydrogen-bond donors (Lipinski definition) is 0. The lowest BCUT2D eigenvalue weighted by Gasteiger charge is -2.36. The van der Waals surface area contributed by atoms with E-state index in [-0.39, 0.29) is 0 Å². The molecule has 0 bridgehead atoms. The van der Waals surface area contributed by atoms with Crippen molar-refractivity contribution in [2.45, 2.75) is 33.5 Å². The first-order valence-corrected chi connectivity index (χ1v) is 9.37. The zero-order chi connectivity index (χ0) is 10.6. The van der Waals surface area contributed by atoms with Crippen LogP contribution in [0.4, 0.5) is 4.20 Å². The van der Waals surface area contributed by atoms with Crippen LogP contribution >= 0.6 is 8.53 Å². The summed E-state index contributed by atoms with van der Waals surface area (Å²) >= 11 is 0. The van der Waals surface area contributed by atoms with Gasteiger partial charge in [-0.25, -0.2) is 4.67 Å². The Morgan fingerprint density at radius 1 is 1.15 bits per heavy atom. The van der Waals surface area contributed by atoms with Crippen molar-refractivity contribution in [3.63, 3.8) is 0 Å². The van der Waals surface area contributed by atoms with Crippen LogP contribution in [0.2, 0.25) is 19.6 Å². The van der Waals surface area contributed by atoms with E-state index in [1.54, 1.807) is 0 Å². The van der Waals surface area contributed by atoms with Gasteiger partial charge in [0.1, 0.15) is 8.24 Å². The molecular weight excluding hydrogens is 202 g/mol. The van der Waals surface area contributed by atoms with E-state index in [0.717, 1.165) is 13.1 Å². The van der Waals surface area contributed by atoms with Gasteiger partial charge in [-0.2, -0.15) is 4.20 Å². The third-order valence-electron chi connectivity index (χ3n) is 2.18. The van der Waals surface area contributed by atoms with Crippen molar-refractivity contribution in [3.05, 3.63) is 0 Å². The van der Waals surface area contributed by atoms with E-state index in [2.05, 4.69) is 19.6 Å². The second-order valence-corrected chi connectivity index (χ2v) is 11.1. The smallest absolute Gasteiger partial charge is 0.229 e. The van der Waals surface area contributed by atoms with Gasteiger partial charge < -0.3 is 0 Å². The second-order valence-electron chi connectivity index (χ2n) is 4.07. The van der Waals surface area contributed by atoms with Gasteiger partial charge in [0, 0.05) is 13.1 Å². The average molecular weight is 224 g/mol. The molecule has 0 saturated carbocycles. The molecule has 0 aliphatic rings. The largest absolute Gasteiger partial charge is 0.268 e. The van der Waals surface area contributed by atoms with E-state index < -0.39 is 16.8 Å². The van der Waals surface area contributed by atoms with Crippen LogP contribution in [0.15, 0.2) is 0 Å². The van der Waals surface area contributed by atoms with Crippen LogP contribution in [0.5, 0.6) is 0 Å². The monoisotopic (exact) mass is 224 g/mol. The molecule has 1 unspecified atom stereocenters. The molecule has 0 aromatic rings. The predicted molar refractivity (Wildman–Crippen MR) is 62.1 cm³/mol. The van der Waals surface area contributed by atoms with Crippen molar-refractivity contribution in [1.82, 2.24) is 9.01 Å². The van der Waals surface area contributed by atoms with Crippen LogP contribution in [0.25, 0.3) is 0 Å². The molecule has 80 valence electrons. The number of rotatable bonds is 5. The standard InChI is InChI=1S/C8H22FN2PSi/c1-7-11(8-2)12(9)10(3)13(4,5)6/h7-8H2,1-6H3. The van der Waals surface area contributed by atoms with Gasteiger partial charge in [0.25, 0.3) is 0 Å². The first kappa shape index (κ1) is 13.5. The van der Waals surface area contributed by atoms with E-state index in [1.807, 2.05) is 29.9 Å². The molecule has 0 aromatic heterocycles. The van der Waals surface area contributed by atoms with Crippen molar-refractivity contribution in [2.24, 2.45) is 0 Å². The summed E-state index contributed by atoms with van der Waals surface area (Å²) in [6.45, 7) is 12.1. The molecular formula is C8H22FN2PSi. The highest BCUT2D eigenvalue weighted by molar-refractivity contribution is 7.49. The summed E-state index contributed by atoms with van der Waals surface area (Å²) in [5.41, 5.74) is 0. The molecule has 1 atom stereocenters. The van der Waals surface area contributed by atoms with Crippen molar-refractivity contribution in [2.75, 3.05) is 20.1 Å². The van der Waals surface area contributed by atoms with Crippen LogP contribution in [-0.4, -0.2) is 37.4 Å². The summed E-state index contributed by atoms with van der Waals surface area (Å²) in [6.07, 6.45) is 0. The second kappa shape index (κ2) is 5.40. The Labute approximate surface area is 84.2 Å². The summed E-state index contributed by atoms with van der Waals surface area (Å²) in [4.78, 5) is 0. The van der Waals surface area contributed by atoms with Crippen LogP contribution in [-0.2, 0) is 0 Å². The van der Waals surface area contributed by atoms with E-state index in [9.17, 15) is 4.20 Å². The maximum absolute atomic E-state index is 13.9. The Balaban J connectivity index is 4.31. The van der Waals surface area contributed by atoms with Crippen molar-refractivity contribution >= 4 is 16.8 Å². The third kappa shape index (κ3) is 4.02. The van der Waals surface area contributed by atoms with Crippen LogP contribution in [0.1, 0.15) is 13.8 Å². The minimum absolute atomic E-state index is 0.799. The first-order chi connectivity index (χ1) is 5.84. The lowest BCUT2D eigenvalue weighted by Crippen LogP contribution is -2.41. The summed E-state index contributed by atoms with van der Waals surface area (Å²) in [5, 5.41) is 0. The molecule has 0 heterocycles. The van der Waals surface area contributed by atoms with Gasteiger partial charge in [0.05, 0.1) is 0 Å². The van der Waals surface area contributed by atoms with Crippen molar-refractivity contribution < 1.29 is 4.20 Å². The zero-order valence-corrected chi connectivity index (χ0v) is 11.5. The van der Waals surface area contributed by atoms with Gasteiger partial charge in [-0.3, -0.25) is 4.34 Å². The Kier molecular flexibility index (Phi) is 5.60. The van der Waals surface area contributed by atoms with E-state index in [1.165, 1.54) is 0 Å². The van der Waals surface area contributed by atoms with Crippen LogP contribution < -0.4 is 0 Å². The molecule has 0 aliphatic heterocycles. The molecule has 0 rings (SSSR count). The highest BCUT2D eigenvalue weighted by atomic mass is 31.2. The van der Waals surface area contributed by atoms with Crippen molar-refractivity contribution in [1.29, 1.82) is 0 Å². The average Bonchev–Trinajstić information content (AvgIpc) is 2.03. The summed E-state index contributed by atoms with van der Waals surface area (Å²) in [5.74, 6) is 0. The SMILES string of the molecule is CCN(CC)P(F)N(C)[Si](C)(C)C. The first-order valence-electron chi connectivity index (χ1n) is 4.79. The predicted octanol–water partition coefficient (Wildman–Crippen LogP) is 3.29. The van der Waals surface area contributed by atoms with Crippen LogP contribution in [0.3, 0.4) is 0 Å². The summed E-state index contributed by atoms with van der Waals surface area (Å²) < 4.78 is 17.8. The van der Waals surface area contributed by atoms with Crippen molar-refractivity contribution in [3.8, 4) is 0 Å². The maximum atomic E-state index is 13.9. The Morgan fingerprint density at radius 3 is 1.77 bits per heavy atom. The summed E-state index contributed by atoms with van der Waals surface area (Å²) in [6, 6.07) is 0. The fourth-order valence-corrected chi connectivity index (χ4v) is 4.10. The fourth-order valence-electron chi connectivity index (χ4n) is 0.894. The van der Waals surface area contributed by atoms with Gasteiger partial charge in [-0.15, -0.1) is 0 Å². The third-order valence-corrected chi connectivity index (χ3v) is 7.95. The Hall–Kier alpha value is 0.497. The zero-order valence-electron chi connectivity index (χ0n) is 9.63. The van der Waals surface area contributed by atoms with E-state index in [4.69, 9.17) is 0 Å². The quantitative estimate of drug-likeness (QED) is 0.522. The van der Waals surface area contributed by atoms with Gasteiger partial charge in [-0.1, -0.05) is 33.5 Å². The lowest BCUT2D eigenvalue weighted by atomic mass is 10.7. The molecule has 5 heteroatoms. The molecule has 0 saturated heterocycles. The van der Waals surface area contributed by atoms with Gasteiger partial charge in [0.2, 0.25) is 8.53 Å². The molecule has 2 nitrogen and oxygen atoms in total. The summed E-state index contributed by atoms with van der Waals surface area (Å²) in [7, 11) is -1.13. The van der Waals surface area contributed by atoms with Crippen LogP contribution in [0, 0.1) is 0 Å². The Bertz CT molecular complexity index is 148. The fraction of sp³-hybridized carbons (Fsp3) is 1.00. The molecule has 0 aliphatic carbocycles.